The van der Waals surface area contributed by atoms with E-state index in [1.54, 1.807) is 12.1 Å². The fraction of sp³-hybridized carbons (Fsp3) is 0.438. The number of amides is 1. The van der Waals surface area contributed by atoms with Crippen LogP contribution in [0.1, 0.15) is 20.3 Å². The molecule has 0 spiro atoms. The highest BCUT2D eigenvalue weighted by Crippen LogP contribution is 2.23. The van der Waals surface area contributed by atoms with Crippen LogP contribution in [0.3, 0.4) is 0 Å². The second-order valence-corrected chi connectivity index (χ2v) is 6.82. The van der Waals surface area contributed by atoms with E-state index in [0.717, 1.165) is 12.0 Å². The van der Waals surface area contributed by atoms with E-state index in [2.05, 4.69) is 20.5 Å². The maximum absolute atomic E-state index is 12.0. The lowest BCUT2D eigenvalue weighted by Gasteiger charge is -2.09. The van der Waals surface area contributed by atoms with E-state index in [1.165, 1.54) is 11.8 Å². The van der Waals surface area contributed by atoms with Gasteiger partial charge in [-0.3, -0.25) is 9.89 Å². The van der Waals surface area contributed by atoms with Gasteiger partial charge in [0.2, 0.25) is 11.1 Å². The Morgan fingerprint density at radius 1 is 1.42 bits per heavy atom. The quantitative estimate of drug-likeness (QED) is 0.525. The van der Waals surface area contributed by atoms with Crippen molar-refractivity contribution < 1.29 is 9.53 Å². The molecule has 1 atom stereocenters. The van der Waals surface area contributed by atoms with Crippen LogP contribution >= 0.6 is 23.4 Å². The Kier molecular flexibility index (Phi) is 7.55. The molecule has 24 heavy (non-hydrogen) atoms. The average molecular weight is 369 g/mol. The maximum Gasteiger partial charge on any atom is 0.233 e. The van der Waals surface area contributed by atoms with Gasteiger partial charge in [-0.1, -0.05) is 23.4 Å². The van der Waals surface area contributed by atoms with Gasteiger partial charge in [0, 0.05) is 30.3 Å². The first kappa shape index (κ1) is 18.8. The molecular weight excluding hydrogens is 348 g/mol. The van der Waals surface area contributed by atoms with Gasteiger partial charge in [-0.25, -0.2) is 4.98 Å². The molecule has 1 amide bonds. The van der Waals surface area contributed by atoms with E-state index >= 15 is 0 Å². The lowest BCUT2D eigenvalue weighted by molar-refractivity contribution is -0.120. The number of carbonyl (C=O) groups excluding carboxylic acids is 1. The van der Waals surface area contributed by atoms with Gasteiger partial charge in [0.15, 0.2) is 5.82 Å². The molecule has 0 aliphatic carbocycles. The van der Waals surface area contributed by atoms with Crippen LogP contribution in [-0.4, -0.2) is 46.1 Å². The van der Waals surface area contributed by atoms with E-state index in [4.69, 9.17) is 16.3 Å². The lowest BCUT2D eigenvalue weighted by atomic mass is 10.2. The Balaban J connectivity index is 1.82. The first-order valence-electron chi connectivity index (χ1n) is 7.80. The van der Waals surface area contributed by atoms with Gasteiger partial charge in [0.05, 0.1) is 5.25 Å². The van der Waals surface area contributed by atoms with Crippen molar-refractivity contribution in [3.8, 4) is 11.4 Å². The van der Waals surface area contributed by atoms with Crippen molar-refractivity contribution in [2.45, 2.75) is 30.7 Å². The smallest absolute Gasteiger partial charge is 0.233 e. The molecule has 1 aromatic carbocycles. The molecule has 0 fully saturated rings. The minimum absolute atomic E-state index is 0.0330. The molecule has 1 aromatic heterocycles. The fourth-order valence-electron chi connectivity index (χ4n) is 1.92. The highest BCUT2D eigenvalue weighted by Gasteiger charge is 2.17. The van der Waals surface area contributed by atoms with E-state index < -0.39 is 0 Å². The molecule has 0 radical (unpaired) electrons. The highest BCUT2D eigenvalue weighted by atomic mass is 35.5. The molecular formula is C16H21ClN4O2S. The molecule has 2 rings (SSSR count). The number of thioether (sulfide) groups is 1. The van der Waals surface area contributed by atoms with Crippen molar-refractivity contribution in [1.82, 2.24) is 20.5 Å². The van der Waals surface area contributed by atoms with Crippen LogP contribution in [0.15, 0.2) is 29.4 Å². The minimum Gasteiger partial charge on any atom is -0.382 e. The molecule has 0 aliphatic rings. The first-order valence-corrected chi connectivity index (χ1v) is 9.06. The number of ether oxygens (including phenoxy) is 1. The molecule has 6 nitrogen and oxygen atoms in total. The third kappa shape index (κ3) is 5.81. The Hall–Kier alpha value is -1.57. The van der Waals surface area contributed by atoms with Crippen molar-refractivity contribution >= 4 is 29.3 Å². The normalized spacial score (nSPS) is 12.1. The number of halogens is 1. The van der Waals surface area contributed by atoms with Crippen LogP contribution < -0.4 is 5.32 Å². The third-order valence-corrected chi connectivity index (χ3v) is 4.42. The Morgan fingerprint density at radius 3 is 2.88 bits per heavy atom. The SMILES string of the molecule is CCOCCCNC(=O)C(C)Sc1n[nH]c(-c2ccc(Cl)cc2)n1. The standard InChI is InChI=1S/C16H21ClN4O2S/c1-3-23-10-4-9-18-15(22)11(2)24-16-19-14(20-21-16)12-5-7-13(17)8-6-12/h5-8,11H,3-4,9-10H2,1-2H3,(H,18,22)(H,19,20,21). The minimum atomic E-state index is -0.272. The summed E-state index contributed by atoms with van der Waals surface area (Å²) in [4.78, 5) is 16.4. The average Bonchev–Trinajstić information content (AvgIpc) is 3.03. The summed E-state index contributed by atoms with van der Waals surface area (Å²) in [5.74, 6) is 0.618. The summed E-state index contributed by atoms with van der Waals surface area (Å²) in [6.45, 7) is 5.74. The molecule has 0 aliphatic heterocycles. The Morgan fingerprint density at radius 2 is 2.17 bits per heavy atom. The zero-order valence-corrected chi connectivity index (χ0v) is 15.3. The predicted octanol–water partition coefficient (Wildman–Crippen LogP) is 3.15. The van der Waals surface area contributed by atoms with Crippen LogP contribution in [0.25, 0.3) is 11.4 Å². The molecule has 0 bridgehead atoms. The lowest BCUT2D eigenvalue weighted by Crippen LogP contribution is -2.32. The van der Waals surface area contributed by atoms with E-state index in [0.29, 0.717) is 35.8 Å². The first-order chi connectivity index (χ1) is 11.6. The number of nitrogens with one attached hydrogen (secondary N) is 2. The Labute approximate surface area is 150 Å². The molecule has 8 heteroatoms. The summed E-state index contributed by atoms with van der Waals surface area (Å²) >= 11 is 7.19. The summed E-state index contributed by atoms with van der Waals surface area (Å²) in [5, 5.41) is 10.9. The topological polar surface area (TPSA) is 79.9 Å². The summed E-state index contributed by atoms with van der Waals surface area (Å²) in [6.07, 6.45) is 0.804. The van der Waals surface area contributed by atoms with Crippen LogP contribution in [0.4, 0.5) is 0 Å². The fourth-order valence-corrected chi connectivity index (χ4v) is 2.80. The van der Waals surface area contributed by atoms with Crippen LogP contribution in [0.5, 0.6) is 0 Å². The van der Waals surface area contributed by atoms with Crippen molar-refractivity contribution in [1.29, 1.82) is 0 Å². The van der Waals surface area contributed by atoms with Crippen LogP contribution in [0, 0.1) is 0 Å². The predicted molar refractivity (Wildman–Crippen MR) is 96.3 cm³/mol. The van der Waals surface area contributed by atoms with Crippen molar-refractivity contribution in [3.05, 3.63) is 29.3 Å². The van der Waals surface area contributed by atoms with E-state index in [1.807, 2.05) is 26.0 Å². The summed E-state index contributed by atoms with van der Waals surface area (Å²) in [5.41, 5.74) is 0.895. The van der Waals surface area contributed by atoms with Gasteiger partial charge in [0.1, 0.15) is 0 Å². The number of hydrogen-bond donors (Lipinski definition) is 2. The largest absolute Gasteiger partial charge is 0.382 e. The van der Waals surface area contributed by atoms with Crippen LogP contribution in [-0.2, 0) is 9.53 Å². The number of hydrogen-bond acceptors (Lipinski definition) is 5. The summed E-state index contributed by atoms with van der Waals surface area (Å²) in [7, 11) is 0. The molecule has 1 unspecified atom stereocenters. The zero-order chi connectivity index (χ0) is 17.4. The molecule has 0 saturated carbocycles. The van der Waals surface area contributed by atoms with Gasteiger partial charge < -0.3 is 10.1 Å². The second kappa shape index (κ2) is 9.66. The number of carbonyl (C=O) groups is 1. The molecule has 2 N–H and O–H groups in total. The number of benzene rings is 1. The van der Waals surface area contributed by atoms with Crippen molar-refractivity contribution in [2.75, 3.05) is 19.8 Å². The highest BCUT2D eigenvalue weighted by molar-refractivity contribution is 8.00. The monoisotopic (exact) mass is 368 g/mol. The van der Waals surface area contributed by atoms with Crippen LogP contribution in [0.2, 0.25) is 5.02 Å². The molecule has 1 heterocycles. The van der Waals surface area contributed by atoms with Gasteiger partial charge in [-0.15, -0.1) is 5.10 Å². The zero-order valence-electron chi connectivity index (χ0n) is 13.7. The van der Waals surface area contributed by atoms with Gasteiger partial charge >= 0.3 is 0 Å². The molecule has 0 saturated heterocycles. The van der Waals surface area contributed by atoms with E-state index in [-0.39, 0.29) is 11.2 Å². The number of nitrogens with zero attached hydrogens (tertiary/aromatic N) is 2. The number of rotatable bonds is 9. The molecule has 2 aromatic rings. The second-order valence-electron chi connectivity index (χ2n) is 5.08. The number of aromatic nitrogens is 3. The van der Waals surface area contributed by atoms with E-state index in [9.17, 15) is 4.79 Å². The Bertz CT molecular complexity index is 648. The maximum atomic E-state index is 12.0. The summed E-state index contributed by atoms with van der Waals surface area (Å²) < 4.78 is 5.23. The molecule has 130 valence electrons. The van der Waals surface area contributed by atoms with Gasteiger partial charge in [-0.05, 0) is 44.5 Å². The number of H-pyrrole nitrogens is 1. The third-order valence-electron chi connectivity index (χ3n) is 3.20. The van der Waals surface area contributed by atoms with Gasteiger partial charge in [-0.2, -0.15) is 0 Å². The summed E-state index contributed by atoms with van der Waals surface area (Å²) in [6, 6.07) is 7.33. The van der Waals surface area contributed by atoms with Crippen molar-refractivity contribution in [2.24, 2.45) is 0 Å². The van der Waals surface area contributed by atoms with Crippen molar-refractivity contribution in [3.63, 3.8) is 0 Å². The number of aromatic amines is 1. The van der Waals surface area contributed by atoms with Gasteiger partial charge in [0.25, 0.3) is 0 Å².